The Hall–Kier alpha value is -3.17. The van der Waals surface area contributed by atoms with Gasteiger partial charge in [0.1, 0.15) is 24.5 Å². The zero-order valence-electron chi connectivity index (χ0n) is 20.7. The Labute approximate surface area is 205 Å². The van der Waals surface area contributed by atoms with Gasteiger partial charge in [-0.15, -0.1) is 0 Å². The predicted molar refractivity (Wildman–Crippen MR) is 132 cm³/mol. The molecule has 35 heavy (non-hydrogen) atoms. The van der Waals surface area contributed by atoms with Crippen molar-refractivity contribution >= 4 is 23.8 Å². The summed E-state index contributed by atoms with van der Waals surface area (Å²) in [6, 6.07) is 9.15. The topological polar surface area (TPSA) is 95.7 Å². The zero-order chi connectivity index (χ0) is 26.1. The quantitative estimate of drug-likeness (QED) is 0.585. The van der Waals surface area contributed by atoms with Crippen molar-refractivity contribution < 1.29 is 23.2 Å². The number of amides is 2. The monoisotopic (exact) mass is 488 g/mol. The number of benzene rings is 2. The van der Waals surface area contributed by atoms with Crippen LogP contribution in [-0.2, 0) is 27.3 Å². The van der Waals surface area contributed by atoms with Crippen LogP contribution in [0.25, 0.3) is 0 Å². The van der Waals surface area contributed by atoms with Crippen molar-refractivity contribution in [3.8, 4) is 0 Å². The van der Waals surface area contributed by atoms with E-state index in [1.54, 1.807) is 24.3 Å². The lowest BCUT2D eigenvalue weighted by Gasteiger charge is -2.22. The van der Waals surface area contributed by atoms with E-state index in [1.165, 1.54) is 16.7 Å². The molecule has 0 aliphatic carbocycles. The van der Waals surface area contributed by atoms with Crippen molar-refractivity contribution in [2.75, 3.05) is 25.0 Å². The number of aryl methyl sites for hydroxylation is 1. The van der Waals surface area contributed by atoms with E-state index in [0.29, 0.717) is 18.0 Å². The Kier molecular flexibility index (Phi) is 10.5. The summed E-state index contributed by atoms with van der Waals surface area (Å²) in [5.74, 6) is -1.85. The average molecular weight is 489 g/mol. The number of para-hydroxylation sites is 1. The zero-order valence-corrected chi connectivity index (χ0v) is 20.7. The number of nitrogens with two attached hydrogens (primary N) is 1. The summed E-state index contributed by atoms with van der Waals surface area (Å²) in [6.07, 6.45) is 0.500. The third kappa shape index (κ3) is 7.93. The lowest BCUT2D eigenvalue weighted by molar-refractivity contribution is -0.135. The number of carbonyl (C=O) groups excluding carboxylic acids is 3. The summed E-state index contributed by atoms with van der Waals surface area (Å²) >= 11 is 0. The number of anilines is 1. The number of fused-ring (bicyclic) bond motifs is 1. The Morgan fingerprint density at radius 1 is 1.17 bits per heavy atom. The van der Waals surface area contributed by atoms with Gasteiger partial charge in [-0.2, -0.15) is 0 Å². The molecule has 0 bridgehead atoms. The summed E-state index contributed by atoms with van der Waals surface area (Å²) in [5.41, 5.74) is 7.66. The van der Waals surface area contributed by atoms with Crippen molar-refractivity contribution in [2.24, 2.45) is 5.73 Å². The molecule has 3 N–H and O–H groups in total. The van der Waals surface area contributed by atoms with Gasteiger partial charge in [-0.25, -0.2) is 8.78 Å². The van der Waals surface area contributed by atoms with Crippen molar-refractivity contribution in [3.63, 3.8) is 0 Å². The standard InChI is InChI=1S/C22H23F2N3O3.C4H11N/c1-14-8-19(24)16(10-18(14)23)9-17(25)11-21(29)26-12-15-4-2-3-5-20(15)27(6-7-28)22(30)13-26;1-4(2)5-3/h2-5,7-8,10,17H,6,9,11-13,25H2,1H3;4-5H,1-3H3. The molecule has 1 heterocycles. The first kappa shape index (κ1) is 28.1. The van der Waals surface area contributed by atoms with Crippen LogP contribution in [0, 0.1) is 18.6 Å². The highest BCUT2D eigenvalue weighted by molar-refractivity contribution is 6.00. The van der Waals surface area contributed by atoms with Gasteiger partial charge < -0.3 is 25.6 Å². The minimum atomic E-state index is -0.742. The molecule has 0 radical (unpaired) electrons. The lowest BCUT2D eigenvalue weighted by Crippen LogP contribution is -2.42. The van der Waals surface area contributed by atoms with Gasteiger partial charge in [-0.05, 0) is 55.3 Å². The maximum atomic E-state index is 14.1. The van der Waals surface area contributed by atoms with E-state index in [0.717, 1.165) is 17.7 Å². The Bertz CT molecular complexity index is 1050. The van der Waals surface area contributed by atoms with E-state index in [2.05, 4.69) is 19.2 Å². The molecule has 1 atom stereocenters. The van der Waals surface area contributed by atoms with Crippen LogP contribution in [0.3, 0.4) is 0 Å². The molecule has 0 spiro atoms. The van der Waals surface area contributed by atoms with Crippen LogP contribution in [0.5, 0.6) is 0 Å². The van der Waals surface area contributed by atoms with Gasteiger partial charge in [-0.1, -0.05) is 32.0 Å². The van der Waals surface area contributed by atoms with Gasteiger partial charge in [0.25, 0.3) is 0 Å². The molecule has 2 aromatic rings. The number of aldehydes is 1. The second-order valence-corrected chi connectivity index (χ2v) is 8.85. The van der Waals surface area contributed by atoms with Crippen LogP contribution in [0.4, 0.5) is 14.5 Å². The normalized spacial score (nSPS) is 14.1. The number of hydrogen-bond donors (Lipinski definition) is 2. The number of nitrogens with zero attached hydrogens (tertiary/aromatic N) is 2. The minimum absolute atomic E-state index is 0.00951. The first-order chi connectivity index (χ1) is 16.6. The number of rotatable bonds is 7. The molecule has 2 aromatic carbocycles. The van der Waals surface area contributed by atoms with Gasteiger partial charge >= 0.3 is 0 Å². The van der Waals surface area contributed by atoms with Crippen molar-refractivity contribution in [2.45, 2.75) is 52.2 Å². The van der Waals surface area contributed by atoms with Crippen molar-refractivity contribution in [1.82, 2.24) is 10.2 Å². The van der Waals surface area contributed by atoms with E-state index < -0.39 is 17.7 Å². The maximum Gasteiger partial charge on any atom is 0.247 e. The van der Waals surface area contributed by atoms with Crippen LogP contribution in [-0.4, -0.2) is 55.2 Å². The fraction of sp³-hybridized carbons (Fsp3) is 0.423. The van der Waals surface area contributed by atoms with E-state index in [4.69, 9.17) is 5.73 Å². The fourth-order valence-corrected chi connectivity index (χ4v) is 3.56. The van der Waals surface area contributed by atoms with Gasteiger partial charge in [0.05, 0.1) is 6.54 Å². The third-order valence-corrected chi connectivity index (χ3v) is 5.70. The highest BCUT2D eigenvalue weighted by Gasteiger charge is 2.29. The van der Waals surface area contributed by atoms with E-state index in [-0.39, 0.29) is 55.4 Å². The van der Waals surface area contributed by atoms with Crippen LogP contribution < -0.4 is 16.0 Å². The SMILES string of the molecule is CNC(C)C.Cc1cc(F)c(CC(N)CC(=O)N2CC(=O)N(CC=O)c3ccccc3C2)cc1F. The average Bonchev–Trinajstić information content (AvgIpc) is 2.94. The molecular formula is C26H34F2N4O3. The molecule has 7 nitrogen and oxygen atoms in total. The van der Waals surface area contributed by atoms with Crippen LogP contribution in [0.1, 0.15) is 37.0 Å². The smallest absolute Gasteiger partial charge is 0.247 e. The lowest BCUT2D eigenvalue weighted by atomic mass is 10.0. The Morgan fingerprint density at radius 3 is 2.46 bits per heavy atom. The van der Waals surface area contributed by atoms with Crippen molar-refractivity contribution in [3.05, 3.63) is 64.7 Å². The van der Waals surface area contributed by atoms with Crippen LogP contribution in [0.2, 0.25) is 0 Å². The van der Waals surface area contributed by atoms with Crippen molar-refractivity contribution in [1.29, 1.82) is 0 Å². The summed E-state index contributed by atoms with van der Waals surface area (Å²) in [7, 11) is 1.95. The molecule has 0 saturated carbocycles. The number of hydrogen-bond acceptors (Lipinski definition) is 5. The first-order valence-corrected chi connectivity index (χ1v) is 11.5. The molecule has 1 aliphatic rings. The van der Waals surface area contributed by atoms with Gasteiger partial charge in [0, 0.05) is 30.7 Å². The van der Waals surface area contributed by atoms with E-state index in [1.807, 2.05) is 7.05 Å². The Morgan fingerprint density at radius 2 is 1.83 bits per heavy atom. The molecule has 3 rings (SSSR count). The summed E-state index contributed by atoms with van der Waals surface area (Å²) in [5, 5.41) is 3.03. The van der Waals surface area contributed by atoms with Gasteiger partial charge in [-0.3, -0.25) is 9.59 Å². The Balaban J connectivity index is 0.000000784. The molecule has 190 valence electrons. The second kappa shape index (κ2) is 13.1. The molecule has 9 heteroatoms. The molecule has 0 aromatic heterocycles. The highest BCUT2D eigenvalue weighted by atomic mass is 19.1. The molecule has 1 unspecified atom stereocenters. The summed E-state index contributed by atoms with van der Waals surface area (Å²) in [6.45, 7) is 5.58. The molecular weight excluding hydrogens is 454 g/mol. The second-order valence-electron chi connectivity index (χ2n) is 8.85. The molecule has 0 fully saturated rings. The molecule has 0 saturated heterocycles. The summed E-state index contributed by atoms with van der Waals surface area (Å²) in [4.78, 5) is 39.2. The number of halogens is 2. The number of carbonyl (C=O) groups is 3. The number of nitrogens with one attached hydrogen (secondary N) is 1. The minimum Gasteiger partial charge on any atom is -0.329 e. The van der Waals surface area contributed by atoms with E-state index in [9.17, 15) is 23.2 Å². The summed E-state index contributed by atoms with van der Waals surface area (Å²) < 4.78 is 27.8. The van der Waals surface area contributed by atoms with Crippen LogP contribution in [0.15, 0.2) is 36.4 Å². The fourth-order valence-electron chi connectivity index (χ4n) is 3.56. The molecule has 1 aliphatic heterocycles. The third-order valence-electron chi connectivity index (χ3n) is 5.70. The maximum absolute atomic E-state index is 14.1. The van der Waals surface area contributed by atoms with E-state index >= 15 is 0 Å². The van der Waals surface area contributed by atoms with Gasteiger partial charge in [0.2, 0.25) is 11.8 Å². The predicted octanol–water partition coefficient (Wildman–Crippen LogP) is 2.72. The largest absolute Gasteiger partial charge is 0.329 e. The van der Waals surface area contributed by atoms with Gasteiger partial charge in [0.15, 0.2) is 0 Å². The first-order valence-electron chi connectivity index (χ1n) is 11.5. The van der Waals surface area contributed by atoms with Crippen LogP contribution >= 0.6 is 0 Å². The highest BCUT2D eigenvalue weighted by Crippen LogP contribution is 2.26. The molecule has 2 amide bonds.